The quantitative estimate of drug-likeness (QED) is 0.714. The molecule has 8 heteroatoms. The SMILES string of the molecule is CC1CCC2NNC(C(=O)N3CCn4nc(C(=O)NC5CC5)cc4C3)C2C1. The highest BCUT2D eigenvalue weighted by molar-refractivity contribution is 5.92. The molecule has 1 aromatic heterocycles. The molecular formula is C19H28N6O2. The molecule has 1 aromatic rings. The highest BCUT2D eigenvalue weighted by Crippen LogP contribution is 2.34. The summed E-state index contributed by atoms with van der Waals surface area (Å²) in [6.45, 7) is 4.09. The van der Waals surface area contributed by atoms with Crippen LogP contribution in [0.3, 0.4) is 0 Å². The molecule has 0 radical (unpaired) electrons. The Bertz CT molecular complexity index is 757. The Labute approximate surface area is 159 Å². The van der Waals surface area contributed by atoms with Crippen LogP contribution < -0.4 is 16.2 Å². The zero-order chi connectivity index (χ0) is 18.5. The molecule has 5 rings (SSSR count). The number of hydrogen-bond acceptors (Lipinski definition) is 5. The van der Waals surface area contributed by atoms with Crippen LogP contribution >= 0.6 is 0 Å². The summed E-state index contributed by atoms with van der Waals surface area (Å²) in [5.74, 6) is 1.12. The zero-order valence-corrected chi connectivity index (χ0v) is 15.8. The molecule has 3 fully saturated rings. The first-order valence-corrected chi connectivity index (χ1v) is 10.3. The van der Waals surface area contributed by atoms with E-state index in [4.69, 9.17) is 0 Å². The Morgan fingerprint density at radius 3 is 2.85 bits per heavy atom. The third-order valence-corrected chi connectivity index (χ3v) is 6.54. The van der Waals surface area contributed by atoms with Crippen molar-refractivity contribution in [1.82, 2.24) is 30.8 Å². The monoisotopic (exact) mass is 372 g/mol. The Morgan fingerprint density at radius 2 is 2.04 bits per heavy atom. The first-order chi connectivity index (χ1) is 13.1. The van der Waals surface area contributed by atoms with Crippen LogP contribution in [0.1, 0.15) is 55.2 Å². The van der Waals surface area contributed by atoms with E-state index in [0.29, 0.717) is 49.2 Å². The maximum atomic E-state index is 13.2. The molecule has 4 aliphatic rings. The number of nitrogens with zero attached hydrogens (tertiary/aromatic N) is 3. The molecule has 8 nitrogen and oxygen atoms in total. The van der Waals surface area contributed by atoms with Gasteiger partial charge in [0, 0.05) is 24.5 Å². The second kappa shape index (κ2) is 6.60. The Balaban J connectivity index is 1.27. The minimum atomic E-state index is -0.148. The lowest BCUT2D eigenvalue weighted by atomic mass is 9.76. The molecule has 27 heavy (non-hydrogen) atoms. The van der Waals surface area contributed by atoms with Crippen LogP contribution in [0.2, 0.25) is 0 Å². The van der Waals surface area contributed by atoms with Crippen molar-refractivity contribution in [2.45, 2.75) is 70.2 Å². The van der Waals surface area contributed by atoms with Crippen LogP contribution in [-0.2, 0) is 17.9 Å². The molecule has 2 amide bonds. The summed E-state index contributed by atoms with van der Waals surface area (Å²) in [7, 11) is 0. The number of nitrogens with one attached hydrogen (secondary N) is 3. The number of rotatable bonds is 3. The van der Waals surface area contributed by atoms with Crippen molar-refractivity contribution in [3.63, 3.8) is 0 Å². The van der Waals surface area contributed by atoms with Gasteiger partial charge in [-0.1, -0.05) is 6.92 Å². The lowest BCUT2D eigenvalue weighted by Gasteiger charge is -2.34. The lowest BCUT2D eigenvalue weighted by molar-refractivity contribution is -0.136. The van der Waals surface area contributed by atoms with E-state index in [2.05, 4.69) is 28.2 Å². The molecule has 4 atom stereocenters. The molecule has 0 bridgehead atoms. The average molecular weight is 372 g/mol. The summed E-state index contributed by atoms with van der Waals surface area (Å²) in [6, 6.07) is 2.41. The van der Waals surface area contributed by atoms with Crippen LogP contribution in [0.15, 0.2) is 6.07 Å². The van der Waals surface area contributed by atoms with Crippen LogP contribution in [0.25, 0.3) is 0 Å². The minimum Gasteiger partial charge on any atom is -0.348 e. The maximum Gasteiger partial charge on any atom is 0.272 e. The number of carbonyl (C=O) groups excluding carboxylic acids is 2. The molecule has 3 N–H and O–H groups in total. The van der Waals surface area contributed by atoms with Gasteiger partial charge in [0.2, 0.25) is 5.91 Å². The predicted octanol–water partition coefficient (Wildman–Crippen LogP) is 0.399. The van der Waals surface area contributed by atoms with Crippen molar-refractivity contribution in [2.75, 3.05) is 6.54 Å². The first kappa shape index (κ1) is 17.2. The third-order valence-electron chi connectivity index (χ3n) is 6.54. The van der Waals surface area contributed by atoms with Gasteiger partial charge in [0.15, 0.2) is 5.69 Å². The predicted molar refractivity (Wildman–Crippen MR) is 98.5 cm³/mol. The second-order valence-corrected chi connectivity index (χ2v) is 8.71. The fraction of sp³-hybridized carbons (Fsp3) is 0.737. The van der Waals surface area contributed by atoms with E-state index in [1.807, 2.05) is 15.6 Å². The van der Waals surface area contributed by atoms with Gasteiger partial charge in [0.1, 0.15) is 6.04 Å². The van der Waals surface area contributed by atoms with Crippen molar-refractivity contribution in [3.8, 4) is 0 Å². The number of amides is 2. The topological polar surface area (TPSA) is 91.3 Å². The van der Waals surface area contributed by atoms with Crippen molar-refractivity contribution >= 4 is 11.8 Å². The van der Waals surface area contributed by atoms with Crippen molar-refractivity contribution < 1.29 is 9.59 Å². The highest BCUT2D eigenvalue weighted by Gasteiger charge is 2.44. The molecule has 4 unspecified atom stereocenters. The molecule has 1 saturated heterocycles. The molecule has 2 saturated carbocycles. The molecule has 146 valence electrons. The Kier molecular flexibility index (Phi) is 4.20. The normalized spacial score (nSPS) is 32.7. The number of carbonyl (C=O) groups is 2. The fourth-order valence-electron chi connectivity index (χ4n) is 4.77. The van der Waals surface area contributed by atoms with E-state index >= 15 is 0 Å². The minimum absolute atomic E-state index is 0.0991. The van der Waals surface area contributed by atoms with Gasteiger partial charge in [-0.15, -0.1) is 0 Å². The van der Waals surface area contributed by atoms with E-state index in [-0.39, 0.29) is 17.9 Å². The standard InChI is InChI=1S/C19H28N6O2/c1-11-2-5-15-14(8-11)17(22-21-15)19(27)24-6-7-25-13(10-24)9-16(23-25)18(26)20-12-3-4-12/h9,11-12,14-15,17,21-22H,2-8,10H2,1H3,(H,20,26). The fourth-order valence-corrected chi connectivity index (χ4v) is 4.77. The highest BCUT2D eigenvalue weighted by atomic mass is 16.2. The zero-order valence-electron chi connectivity index (χ0n) is 15.8. The molecule has 2 aliphatic carbocycles. The number of aromatic nitrogens is 2. The van der Waals surface area contributed by atoms with Crippen LogP contribution in [0, 0.1) is 11.8 Å². The molecule has 2 aliphatic heterocycles. The molecular weight excluding hydrogens is 344 g/mol. The average Bonchev–Trinajstić information content (AvgIpc) is 3.22. The molecule has 3 heterocycles. The van der Waals surface area contributed by atoms with Gasteiger partial charge in [0.05, 0.1) is 18.8 Å². The first-order valence-electron chi connectivity index (χ1n) is 10.3. The molecule has 0 spiro atoms. The van der Waals surface area contributed by atoms with Gasteiger partial charge in [-0.3, -0.25) is 19.7 Å². The third kappa shape index (κ3) is 3.25. The Morgan fingerprint density at radius 1 is 1.19 bits per heavy atom. The maximum absolute atomic E-state index is 13.2. The summed E-state index contributed by atoms with van der Waals surface area (Å²) in [6.07, 6.45) is 5.58. The van der Waals surface area contributed by atoms with Crippen LogP contribution in [0.5, 0.6) is 0 Å². The van der Waals surface area contributed by atoms with Gasteiger partial charge in [-0.05, 0) is 44.1 Å². The van der Waals surface area contributed by atoms with Crippen LogP contribution in [0.4, 0.5) is 0 Å². The van der Waals surface area contributed by atoms with Crippen molar-refractivity contribution in [2.24, 2.45) is 11.8 Å². The van der Waals surface area contributed by atoms with Gasteiger partial charge >= 0.3 is 0 Å². The summed E-state index contributed by atoms with van der Waals surface area (Å²) in [5.41, 5.74) is 8.01. The van der Waals surface area contributed by atoms with Crippen molar-refractivity contribution in [3.05, 3.63) is 17.5 Å². The number of fused-ring (bicyclic) bond motifs is 2. The van der Waals surface area contributed by atoms with Gasteiger partial charge in [-0.25, -0.2) is 5.43 Å². The van der Waals surface area contributed by atoms with Gasteiger partial charge in [-0.2, -0.15) is 5.10 Å². The molecule has 0 aromatic carbocycles. The van der Waals surface area contributed by atoms with Gasteiger partial charge in [0.25, 0.3) is 5.91 Å². The van der Waals surface area contributed by atoms with E-state index in [1.165, 1.54) is 6.42 Å². The smallest absolute Gasteiger partial charge is 0.272 e. The number of hydrazine groups is 1. The van der Waals surface area contributed by atoms with Crippen LogP contribution in [-0.4, -0.2) is 51.2 Å². The lowest BCUT2D eigenvalue weighted by Crippen LogP contribution is -2.50. The van der Waals surface area contributed by atoms with Crippen molar-refractivity contribution in [1.29, 1.82) is 0 Å². The summed E-state index contributed by atoms with van der Waals surface area (Å²) in [5, 5.41) is 7.42. The summed E-state index contributed by atoms with van der Waals surface area (Å²) in [4.78, 5) is 27.3. The van der Waals surface area contributed by atoms with Gasteiger partial charge < -0.3 is 10.2 Å². The second-order valence-electron chi connectivity index (χ2n) is 8.71. The van der Waals surface area contributed by atoms with E-state index in [1.54, 1.807) is 0 Å². The number of hydrogen-bond donors (Lipinski definition) is 3. The van der Waals surface area contributed by atoms with E-state index < -0.39 is 0 Å². The van der Waals surface area contributed by atoms with E-state index in [0.717, 1.165) is 31.4 Å². The van der Waals surface area contributed by atoms with E-state index in [9.17, 15) is 9.59 Å². The Hall–Kier alpha value is -1.93. The summed E-state index contributed by atoms with van der Waals surface area (Å²) >= 11 is 0. The largest absolute Gasteiger partial charge is 0.348 e. The summed E-state index contributed by atoms with van der Waals surface area (Å²) < 4.78 is 1.87.